The number of hydrogen-bond donors (Lipinski definition) is 0. The fourth-order valence-corrected chi connectivity index (χ4v) is 2.17. The van der Waals surface area contributed by atoms with Crippen molar-refractivity contribution in [1.29, 1.82) is 5.26 Å². The van der Waals surface area contributed by atoms with Crippen molar-refractivity contribution in [2.75, 3.05) is 6.61 Å². The van der Waals surface area contributed by atoms with Gasteiger partial charge in [0.1, 0.15) is 5.75 Å². The van der Waals surface area contributed by atoms with E-state index in [2.05, 4.69) is 54.5 Å². The molecule has 0 bridgehead atoms. The van der Waals surface area contributed by atoms with Gasteiger partial charge in [0.05, 0.1) is 18.2 Å². The summed E-state index contributed by atoms with van der Waals surface area (Å²) in [7, 11) is 0. The lowest BCUT2D eigenvalue weighted by molar-refractivity contribution is 0.300. The van der Waals surface area contributed by atoms with Crippen LogP contribution in [-0.4, -0.2) is 6.61 Å². The van der Waals surface area contributed by atoms with Crippen molar-refractivity contribution in [1.82, 2.24) is 0 Å². The molecule has 0 atom stereocenters. The molecule has 0 spiro atoms. The van der Waals surface area contributed by atoms with Crippen LogP contribution in [0.15, 0.2) is 12.1 Å². The second-order valence-corrected chi connectivity index (χ2v) is 7.36. The minimum Gasteiger partial charge on any atom is -0.493 e. The number of nitrogens with zero attached hydrogens (tertiary/aromatic N) is 1. The molecule has 20 heavy (non-hydrogen) atoms. The van der Waals surface area contributed by atoms with Crippen LogP contribution in [0.3, 0.4) is 0 Å². The van der Waals surface area contributed by atoms with Crippen LogP contribution in [0.4, 0.5) is 0 Å². The van der Waals surface area contributed by atoms with E-state index in [1.807, 2.05) is 12.1 Å². The maximum absolute atomic E-state index is 9.29. The lowest BCUT2D eigenvalue weighted by Crippen LogP contribution is -2.20. The van der Waals surface area contributed by atoms with Gasteiger partial charge in [-0.3, -0.25) is 0 Å². The largest absolute Gasteiger partial charge is 0.493 e. The fourth-order valence-electron chi connectivity index (χ4n) is 2.17. The minimum atomic E-state index is -0.0457. The van der Waals surface area contributed by atoms with Gasteiger partial charge in [-0.2, -0.15) is 5.26 Å². The molecule has 0 aliphatic heterocycles. The molecule has 0 N–H and O–H groups in total. The molecule has 0 saturated heterocycles. The smallest absolute Gasteiger partial charge is 0.126 e. The molecule has 0 unspecified atom stereocenters. The molecule has 2 heteroatoms. The Bertz CT molecular complexity index is 475. The molecule has 0 aliphatic carbocycles. The summed E-state index contributed by atoms with van der Waals surface area (Å²) in [6.07, 6.45) is 0.979. The third-order valence-electron chi connectivity index (χ3n) is 3.28. The summed E-state index contributed by atoms with van der Waals surface area (Å²) in [6.45, 7) is 15.8. The number of hydrogen-bond acceptors (Lipinski definition) is 2. The first-order chi connectivity index (χ1) is 9.11. The Hall–Kier alpha value is -1.49. The molecule has 1 aromatic carbocycles. The molecule has 0 radical (unpaired) electrons. The van der Waals surface area contributed by atoms with Crippen LogP contribution < -0.4 is 4.74 Å². The first-order valence-corrected chi connectivity index (χ1v) is 7.33. The molecule has 0 heterocycles. The lowest BCUT2D eigenvalue weighted by Gasteiger charge is -2.30. The molecule has 0 saturated carbocycles. The van der Waals surface area contributed by atoms with Crippen LogP contribution in [0, 0.1) is 11.3 Å². The highest BCUT2D eigenvalue weighted by molar-refractivity contribution is 5.53. The van der Waals surface area contributed by atoms with Crippen molar-refractivity contribution in [2.24, 2.45) is 0 Å². The van der Waals surface area contributed by atoms with E-state index in [4.69, 9.17) is 4.74 Å². The predicted molar refractivity (Wildman–Crippen MR) is 84.3 cm³/mol. The highest BCUT2D eigenvalue weighted by Crippen LogP contribution is 2.40. The van der Waals surface area contributed by atoms with Gasteiger partial charge in [-0.15, -0.1) is 0 Å². The second kappa shape index (κ2) is 5.87. The van der Waals surface area contributed by atoms with Crippen molar-refractivity contribution in [3.8, 4) is 11.8 Å². The van der Waals surface area contributed by atoms with E-state index in [0.717, 1.165) is 23.3 Å². The van der Waals surface area contributed by atoms with E-state index >= 15 is 0 Å². The van der Waals surface area contributed by atoms with Crippen LogP contribution in [0.5, 0.6) is 5.75 Å². The molecule has 0 aliphatic rings. The number of benzene rings is 1. The van der Waals surface area contributed by atoms with Gasteiger partial charge in [0.15, 0.2) is 0 Å². The average Bonchev–Trinajstić information content (AvgIpc) is 2.33. The molecule has 1 aromatic rings. The van der Waals surface area contributed by atoms with E-state index in [1.54, 1.807) is 0 Å². The third kappa shape index (κ3) is 3.76. The van der Waals surface area contributed by atoms with E-state index in [9.17, 15) is 5.26 Å². The Morgan fingerprint density at radius 3 is 1.75 bits per heavy atom. The SMILES string of the molecule is CCCOc1c(C(C)(C)C)cc(C#N)cc1C(C)(C)C. The summed E-state index contributed by atoms with van der Waals surface area (Å²) < 4.78 is 6.06. The monoisotopic (exact) mass is 273 g/mol. The lowest BCUT2D eigenvalue weighted by atomic mass is 9.78. The van der Waals surface area contributed by atoms with Gasteiger partial charge in [0, 0.05) is 11.1 Å². The van der Waals surface area contributed by atoms with Gasteiger partial charge < -0.3 is 4.74 Å². The molecular weight excluding hydrogens is 246 g/mol. The van der Waals surface area contributed by atoms with E-state index in [0.29, 0.717) is 12.2 Å². The normalized spacial score (nSPS) is 12.1. The number of nitriles is 1. The van der Waals surface area contributed by atoms with Gasteiger partial charge in [0.2, 0.25) is 0 Å². The highest BCUT2D eigenvalue weighted by atomic mass is 16.5. The Morgan fingerprint density at radius 1 is 1.00 bits per heavy atom. The summed E-state index contributed by atoms with van der Waals surface area (Å²) in [6, 6.07) is 6.22. The van der Waals surface area contributed by atoms with Crippen molar-refractivity contribution in [3.05, 3.63) is 28.8 Å². The van der Waals surface area contributed by atoms with E-state index in [-0.39, 0.29) is 10.8 Å². The fraction of sp³-hybridized carbons (Fsp3) is 0.611. The topological polar surface area (TPSA) is 33.0 Å². The van der Waals surface area contributed by atoms with Gasteiger partial charge in [0.25, 0.3) is 0 Å². The molecule has 0 amide bonds. The zero-order chi connectivity index (χ0) is 15.6. The van der Waals surface area contributed by atoms with E-state index < -0.39 is 0 Å². The summed E-state index contributed by atoms with van der Waals surface area (Å²) in [4.78, 5) is 0. The zero-order valence-electron chi connectivity index (χ0n) is 13.9. The summed E-state index contributed by atoms with van der Waals surface area (Å²) in [5.41, 5.74) is 2.86. The van der Waals surface area contributed by atoms with Crippen molar-refractivity contribution in [3.63, 3.8) is 0 Å². The van der Waals surface area contributed by atoms with Crippen molar-refractivity contribution >= 4 is 0 Å². The quantitative estimate of drug-likeness (QED) is 0.781. The standard InChI is InChI=1S/C18H27NO/c1-8-9-20-16-14(17(2,3)4)10-13(12-19)11-15(16)18(5,6)7/h10-11H,8-9H2,1-7H3. The number of rotatable bonds is 3. The first-order valence-electron chi connectivity index (χ1n) is 7.33. The van der Waals surface area contributed by atoms with Crippen LogP contribution in [0.2, 0.25) is 0 Å². The van der Waals surface area contributed by atoms with Crippen molar-refractivity contribution < 1.29 is 4.74 Å². The first kappa shape index (κ1) is 16.6. The van der Waals surface area contributed by atoms with Crippen LogP contribution >= 0.6 is 0 Å². The van der Waals surface area contributed by atoms with Crippen LogP contribution in [0.1, 0.15) is 71.6 Å². The molecule has 110 valence electrons. The van der Waals surface area contributed by atoms with Gasteiger partial charge in [-0.25, -0.2) is 0 Å². The Balaban J connectivity index is 3.59. The Morgan fingerprint density at radius 2 is 1.45 bits per heavy atom. The maximum Gasteiger partial charge on any atom is 0.126 e. The van der Waals surface area contributed by atoms with E-state index in [1.165, 1.54) is 0 Å². The summed E-state index contributed by atoms with van der Waals surface area (Å²) >= 11 is 0. The predicted octanol–water partition coefficient (Wildman–Crippen LogP) is 4.94. The molecule has 0 aromatic heterocycles. The highest BCUT2D eigenvalue weighted by Gasteiger charge is 2.27. The van der Waals surface area contributed by atoms with Crippen LogP contribution in [0.25, 0.3) is 0 Å². The molecule has 2 nitrogen and oxygen atoms in total. The van der Waals surface area contributed by atoms with Gasteiger partial charge >= 0.3 is 0 Å². The summed E-state index contributed by atoms with van der Waals surface area (Å²) in [5, 5.41) is 9.29. The zero-order valence-corrected chi connectivity index (χ0v) is 13.9. The molecular formula is C18H27NO. The average molecular weight is 273 g/mol. The molecule has 1 rings (SSSR count). The Kier molecular flexibility index (Phi) is 4.86. The van der Waals surface area contributed by atoms with Gasteiger partial charge in [-0.05, 0) is 29.4 Å². The minimum absolute atomic E-state index is 0.0457. The second-order valence-electron chi connectivity index (χ2n) is 7.36. The van der Waals surface area contributed by atoms with Crippen molar-refractivity contribution in [2.45, 2.75) is 65.7 Å². The van der Waals surface area contributed by atoms with Gasteiger partial charge in [-0.1, -0.05) is 48.5 Å². The molecule has 0 fully saturated rings. The number of ether oxygens (including phenoxy) is 1. The third-order valence-corrected chi connectivity index (χ3v) is 3.28. The van der Waals surface area contributed by atoms with Crippen LogP contribution in [-0.2, 0) is 10.8 Å². The Labute approximate surface area is 123 Å². The summed E-state index contributed by atoms with van der Waals surface area (Å²) in [5.74, 6) is 0.964. The maximum atomic E-state index is 9.29.